The van der Waals surface area contributed by atoms with Crippen molar-refractivity contribution >= 4 is 5.71 Å². The van der Waals surface area contributed by atoms with E-state index in [0.717, 1.165) is 28.3 Å². The first-order valence-electron chi connectivity index (χ1n) is 7.44. The molecule has 0 aliphatic rings. The van der Waals surface area contributed by atoms with Crippen LogP contribution in [0.15, 0.2) is 77.2 Å². The smallest absolute Gasteiger partial charge is 0.145 e. The number of para-hydroxylation sites is 1. The van der Waals surface area contributed by atoms with E-state index in [9.17, 15) is 0 Å². The zero-order valence-corrected chi connectivity index (χ0v) is 14.2. The monoisotopic (exact) mass is 295 g/mol. The van der Waals surface area contributed by atoms with E-state index in [1.54, 1.807) is 0 Å². The van der Waals surface area contributed by atoms with Crippen molar-refractivity contribution in [2.24, 2.45) is 4.99 Å². The van der Waals surface area contributed by atoms with Crippen LogP contribution in [-0.2, 0) is 0 Å². The van der Waals surface area contributed by atoms with Crippen molar-refractivity contribution in [1.82, 2.24) is 0 Å². The molecular weight excluding hydrogens is 270 g/mol. The van der Waals surface area contributed by atoms with E-state index in [4.69, 9.17) is 4.74 Å². The van der Waals surface area contributed by atoms with Crippen molar-refractivity contribution in [1.29, 1.82) is 0 Å². The van der Waals surface area contributed by atoms with Crippen LogP contribution in [0, 0.1) is 6.92 Å². The maximum Gasteiger partial charge on any atom is 0.145 e. The molecule has 0 fully saturated rings. The zero-order chi connectivity index (χ0) is 16.5. The Balaban J connectivity index is 2.93. The van der Waals surface area contributed by atoms with E-state index in [2.05, 4.69) is 11.6 Å². The lowest BCUT2D eigenvalue weighted by Crippen LogP contribution is -2.01. The molecule has 0 atom stereocenters. The number of aryl methyl sites for hydroxylation is 1. The van der Waals surface area contributed by atoms with E-state index in [0.29, 0.717) is 5.76 Å². The van der Waals surface area contributed by atoms with Gasteiger partial charge in [0.15, 0.2) is 0 Å². The number of hydrogen-bond donors (Lipinski definition) is 0. The molecule has 0 aromatic heterocycles. The summed E-state index contributed by atoms with van der Waals surface area (Å²) in [4.78, 5) is 4.62. The summed E-state index contributed by atoms with van der Waals surface area (Å²) in [6.07, 6.45) is 7.94. The number of aliphatic imine (C=N–C) groups is 1. The Kier molecular flexibility index (Phi) is 7.11. The molecular formula is C20H25NO. The minimum Gasteiger partial charge on any atom is -0.455 e. The van der Waals surface area contributed by atoms with Gasteiger partial charge in [-0.25, -0.2) is 4.99 Å². The van der Waals surface area contributed by atoms with Crippen LogP contribution in [-0.4, -0.2) is 5.71 Å². The van der Waals surface area contributed by atoms with Crippen LogP contribution in [0.4, 0.5) is 0 Å². The Bertz CT molecular complexity index is 645. The Morgan fingerprint density at radius 2 is 1.86 bits per heavy atom. The fourth-order valence-corrected chi connectivity index (χ4v) is 1.77. The fraction of sp³-hybridized carbons (Fsp3) is 0.250. The molecule has 2 nitrogen and oxygen atoms in total. The van der Waals surface area contributed by atoms with Gasteiger partial charge in [0.25, 0.3) is 0 Å². The normalized spacial score (nSPS) is 13.6. The van der Waals surface area contributed by atoms with Gasteiger partial charge in [0.05, 0.1) is 0 Å². The van der Waals surface area contributed by atoms with E-state index in [-0.39, 0.29) is 0 Å². The average molecular weight is 295 g/mol. The van der Waals surface area contributed by atoms with Crippen LogP contribution in [0.25, 0.3) is 0 Å². The predicted octanol–water partition coefficient (Wildman–Crippen LogP) is 5.77. The first kappa shape index (κ1) is 17.7. The highest BCUT2D eigenvalue weighted by Gasteiger charge is 2.06. The summed E-state index contributed by atoms with van der Waals surface area (Å²) in [6.45, 7) is 14.0. The minimum atomic E-state index is 0.551. The standard InChI is InChI=1S/C20H25NO/c1-7-9-12-15(3)17(5)21-19(8-2)18(6)22-20-14-11-10-13-16(20)4/h7-14H,6H2,1-5H3/b9-7-,15-12+,19-8-,21-17+. The van der Waals surface area contributed by atoms with E-state index < -0.39 is 0 Å². The Labute approximate surface area is 134 Å². The predicted molar refractivity (Wildman–Crippen MR) is 96.4 cm³/mol. The Morgan fingerprint density at radius 1 is 1.18 bits per heavy atom. The molecule has 0 heterocycles. The molecule has 22 heavy (non-hydrogen) atoms. The lowest BCUT2D eigenvalue weighted by molar-refractivity contribution is 0.434. The molecule has 0 amide bonds. The van der Waals surface area contributed by atoms with Gasteiger partial charge in [0, 0.05) is 5.71 Å². The van der Waals surface area contributed by atoms with E-state index in [1.165, 1.54) is 0 Å². The average Bonchev–Trinajstić information content (AvgIpc) is 2.51. The third kappa shape index (κ3) is 5.21. The molecule has 1 rings (SSSR count). The van der Waals surface area contributed by atoms with Gasteiger partial charge in [-0.3, -0.25) is 0 Å². The molecule has 1 aromatic carbocycles. The molecule has 0 saturated heterocycles. The number of hydrogen-bond acceptors (Lipinski definition) is 2. The van der Waals surface area contributed by atoms with E-state index in [1.807, 2.05) is 83.2 Å². The second kappa shape index (κ2) is 8.83. The van der Waals surface area contributed by atoms with Crippen LogP contribution < -0.4 is 4.74 Å². The van der Waals surface area contributed by atoms with Gasteiger partial charge < -0.3 is 4.74 Å². The van der Waals surface area contributed by atoms with E-state index >= 15 is 0 Å². The summed E-state index contributed by atoms with van der Waals surface area (Å²) in [5, 5.41) is 0. The van der Waals surface area contributed by atoms with Gasteiger partial charge in [0.1, 0.15) is 17.2 Å². The van der Waals surface area contributed by atoms with Gasteiger partial charge in [-0.1, -0.05) is 49.1 Å². The second-order valence-electron chi connectivity index (χ2n) is 5.04. The molecule has 0 N–H and O–H groups in total. The molecule has 1 aromatic rings. The lowest BCUT2D eigenvalue weighted by Gasteiger charge is -2.12. The largest absolute Gasteiger partial charge is 0.455 e. The second-order valence-corrected chi connectivity index (χ2v) is 5.04. The summed E-state index contributed by atoms with van der Waals surface area (Å²) in [5.41, 5.74) is 3.87. The molecule has 2 heteroatoms. The van der Waals surface area contributed by atoms with Crippen molar-refractivity contribution in [2.75, 3.05) is 0 Å². The number of nitrogens with zero attached hydrogens (tertiary/aromatic N) is 1. The molecule has 0 bridgehead atoms. The maximum absolute atomic E-state index is 5.86. The first-order chi connectivity index (χ1) is 10.5. The number of allylic oxidation sites excluding steroid dienone is 5. The molecule has 0 unspecified atom stereocenters. The summed E-state index contributed by atoms with van der Waals surface area (Å²) in [5.74, 6) is 1.36. The van der Waals surface area contributed by atoms with Crippen LogP contribution in [0.1, 0.15) is 33.3 Å². The molecule has 0 spiro atoms. The number of benzene rings is 1. The number of rotatable bonds is 6. The fourth-order valence-electron chi connectivity index (χ4n) is 1.77. The van der Waals surface area contributed by atoms with Crippen LogP contribution in [0.2, 0.25) is 0 Å². The Morgan fingerprint density at radius 3 is 2.45 bits per heavy atom. The SMILES string of the molecule is C=C(Oc1ccccc1C)C(=C/C)/N=C(C)/C(C)=C/C=C\C. The van der Waals surface area contributed by atoms with Crippen LogP contribution in [0.3, 0.4) is 0 Å². The van der Waals surface area contributed by atoms with Gasteiger partial charge in [-0.05, 0) is 51.8 Å². The lowest BCUT2D eigenvalue weighted by atomic mass is 10.2. The molecule has 116 valence electrons. The Hall–Kier alpha value is -2.35. The van der Waals surface area contributed by atoms with Gasteiger partial charge in [0.2, 0.25) is 0 Å². The van der Waals surface area contributed by atoms with Gasteiger partial charge in [-0.2, -0.15) is 0 Å². The minimum absolute atomic E-state index is 0.551. The van der Waals surface area contributed by atoms with Crippen molar-refractivity contribution in [2.45, 2.75) is 34.6 Å². The summed E-state index contributed by atoms with van der Waals surface area (Å²) < 4.78 is 5.86. The highest BCUT2D eigenvalue weighted by molar-refractivity contribution is 5.98. The molecule has 0 saturated carbocycles. The summed E-state index contributed by atoms with van der Waals surface area (Å²) in [7, 11) is 0. The molecule has 0 aliphatic heterocycles. The first-order valence-corrected chi connectivity index (χ1v) is 7.44. The topological polar surface area (TPSA) is 21.6 Å². The van der Waals surface area contributed by atoms with Crippen molar-refractivity contribution < 1.29 is 4.74 Å². The third-order valence-electron chi connectivity index (χ3n) is 3.28. The van der Waals surface area contributed by atoms with Gasteiger partial charge >= 0.3 is 0 Å². The maximum atomic E-state index is 5.86. The van der Waals surface area contributed by atoms with Crippen molar-refractivity contribution in [3.8, 4) is 5.75 Å². The van der Waals surface area contributed by atoms with Crippen LogP contribution in [0.5, 0.6) is 5.75 Å². The van der Waals surface area contributed by atoms with Gasteiger partial charge in [-0.15, -0.1) is 0 Å². The highest BCUT2D eigenvalue weighted by Crippen LogP contribution is 2.22. The quantitative estimate of drug-likeness (QED) is 0.370. The highest BCUT2D eigenvalue weighted by atomic mass is 16.5. The third-order valence-corrected chi connectivity index (χ3v) is 3.28. The van der Waals surface area contributed by atoms with Crippen LogP contribution >= 0.6 is 0 Å². The summed E-state index contributed by atoms with van der Waals surface area (Å²) in [6, 6.07) is 7.88. The molecule has 0 aliphatic carbocycles. The number of ether oxygens (including phenoxy) is 1. The van der Waals surface area contributed by atoms with Crippen molar-refractivity contribution in [3.05, 3.63) is 77.7 Å². The summed E-state index contributed by atoms with van der Waals surface area (Å²) >= 11 is 0. The zero-order valence-electron chi connectivity index (χ0n) is 14.2. The molecule has 0 radical (unpaired) electrons. The van der Waals surface area contributed by atoms with Crippen molar-refractivity contribution in [3.63, 3.8) is 0 Å².